The summed E-state index contributed by atoms with van der Waals surface area (Å²) < 4.78 is 0. The van der Waals surface area contributed by atoms with Gasteiger partial charge in [-0.1, -0.05) is 29.8 Å². The molecule has 0 amide bonds. The lowest BCUT2D eigenvalue weighted by atomic mass is 10.1. The fourth-order valence-electron chi connectivity index (χ4n) is 1.58. The maximum absolute atomic E-state index is 6.11. The first-order valence-corrected chi connectivity index (χ1v) is 5.39. The van der Waals surface area contributed by atoms with Crippen molar-refractivity contribution in [3.05, 3.63) is 34.9 Å². The number of halogens is 1. The van der Waals surface area contributed by atoms with Crippen LogP contribution in [-0.2, 0) is 0 Å². The Balaban J connectivity index is 2.12. The van der Waals surface area contributed by atoms with Crippen molar-refractivity contribution in [2.75, 3.05) is 6.54 Å². The molecular formula is C11H15ClN2. The van der Waals surface area contributed by atoms with Gasteiger partial charge in [0.1, 0.15) is 0 Å². The molecule has 2 rings (SSSR count). The van der Waals surface area contributed by atoms with Gasteiger partial charge < -0.3 is 11.1 Å². The molecule has 1 fully saturated rings. The molecule has 2 nitrogen and oxygen atoms in total. The van der Waals surface area contributed by atoms with Crippen molar-refractivity contribution in [1.82, 2.24) is 5.32 Å². The number of hydrogen-bond donors (Lipinski definition) is 2. The van der Waals surface area contributed by atoms with Gasteiger partial charge in [0.2, 0.25) is 0 Å². The summed E-state index contributed by atoms with van der Waals surface area (Å²) in [7, 11) is 0. The van der Waals surface area contributed by atoms with Crippen molar-refractivity contribution >= 4 is 11.6 Å². The van der Waals surface area contributed by atoms with Gasteiger partial charge in [-0.15, -0.1) is 0 Å². The summed E-state index contributed by atoms with van der Waals surface area (Å²) in [5, 5.41) is 4.29. The van der Waals surface area contributed by atoms with E-state index in [1.54, 1.807) is 0 Å². The molecule has 1 aromatic carbocycles. The summed E-state index contributed by atoms with van der Waals surface area (Å²) in [4.78, 5) is 0. The van der Waals surface area contributed by atoms with Gasteiger partial charge in [-0.05, 0) is 24.5 Å². The topological polar surface area (TPSA) is 38.0 Å². The Morgan fingerprint density at radius 2 is 2.14 bits per heavy atom. The van der Waals surface area contributed by atoms with Crippen LogP contribution < -0.4 is 11.1 Å². The minimum Gasteiger partial charge on any atom is -0.329 e. The van der Waals surface area contributed by atoms with E-state index in [-0.39, 0.29) is 6.04 Å². The van der Waals surface area contributed by atoms with Crippen molar-refractivity contribution in [1.29, 1.82) is 0 Å². The molecule has 3 heteroatoms. The molecule has 0 aliphatic heterocycles. The first-order chi connectivity index (χ1) is 6.81. The van der Waals surface area contributed by atoms with Crippen LogP contribution in [0.2, 0.25) is 5.02 Å². The van der Waals surface area contributed by atoms with E-state index in [2.05, 4.69) is 5.32 Å². The Bertz CT molecular complexity index is 310. The largest absolute Gasteiger partial charge is 0.329 e. The van der Waals surface area contributed by atoms with Gasteiger partial charge in [0, 0.05) is 23.7 Å². The van der Waals surface area contributed by atoms with Crippen LogP contribution in [0.25, 0.3) is 0 Å². The molecule has 0 heterocycles. The molecular weight excluding hydrogens is 196 g/mol. The summed E-state index contributed by atoms with van der Waals surface area (Å²) in [6.07, 6.45) is 2.53. The van der Waals surface area contributed by atoms with Gasteiger partial charge in [-0.25, -0.2) is 0 Å². The van der Waals surface area contributed by atoms with Crippen LogP contribution in [0.15, 0.2) is 24.3 Å². The number of nitrogens with two attached hydrogens (primary N) is 1. The molecule has 1 aromatic rings. The van der Waals surface area contributed by atoms with Crippen LogP contribution in [0.5, 0.6) is 0 Å². The highest BCUT2D eigenvalue weighted by molar-refractivity contribution is 6.31. The van der Waals surface area contributed by atoms with Crippen molar-refractivity contribution in [3.8, 4) is 0 Å². The predicted octanol–water partition coefficient (Wildman–Crippen LogP) is 2.09. The second-order valence-electron chi connectivity index (χ2n) is 3.75. The highest BCUT2D eigenvalue weighted by atomic mass is 35.5. The van der Waals surface area contributed by atoms with Crippen LogP contribution in [0.1, 0.15) is 24.4 Å². The van der Waals surface area contributed by atoms with Gasteiger partial charge in [-0.2, -0.15) is 0 Å². The van der Waals surface area contributed by atoms with Crippen molar-refractivity contribution in [2.45, 2.75) is 24.9 Å². The SMILES string of the molecule is NCC(NC1CC1)c1ccccc1Cl. The third-order valence-electron chi connectivity index (χ3n) is 2.53. The van der Waals surface area contributed by atoms with Gasteiger partial charge in [0.15, 0.2) is 0 Å². The van der Waals surface area contributed by atoms with Crippen LogP contribution in [0.3, 0.4) is 0 Å². The van der Waals surface area contributed by atoms with Gasteiger partial charge >= 0.3 is 0 Å². The second-order valence-corrected chi connectivity index (χ2v) is 4.16. The molecule has 1 saturated carbocycles. The molecule has 1 atom stereocenters. The first kappa shape index (κ1) is 9.97. The fraction of sp³-hybridized carbons (Fsp3) is 0.455. The van der Waals surface area contributed by atoms with Gasteiger partial charge in [0.05, 0.1) is 0 Å². The average Bonchev–Trinajstić information content (AvgIpc) is 2.99. The molecule has 0 saturated heterocycles. The van der Waals surface area contributed by atoms with Crippen molar-refractivity contribution in [3.63, 3.8) is 0 Å². The van der Waals surface area contributed by atoms with E-state index in [1.165, 1.54) is 12.8 Å². The van der Waals surface area contributed by atoms with Crippen LogP contribution in [0.4, 0.5) is 0 Å². The quantitative estimate of drug-likeness (QED) is 0.799. The zero-order chi connectivity index (χ0) is 9.97. The zero-order valence-corrected chi connectivity index (χ0v) is 8.80. The van der Waals surface area contributed by atoms with E-state index in [0.29, 0.717) is 12.6 Å². The Labute approximate surface area is 89.4 Å². The highest BCUT2D eigenvalue weighted by Gasteiger charge is 2.25. The van der Waals surface area contributed by atoms with E-state index < -0.39 is 0 Å². The first-order valence-electron chi connectivity index (χ1n) is 5.02. The summed E-state index contributed by atoms with van der Waals surface area (Å²) in [5.41, 5.74) is 6.84. The standard InChI is InChI=1S/C11H15ClN2/c12-10-4-2-1-3-9(10)11(7-13)14-8-5-6-8/h1-4,8,11,14H,5-7,13H2. The number of rotatable bonds is 4. The van der Waals surface area contributed by atoms with Crippen molar-refractivity contribution < 1.29 is 0 Å². The van der Waals surface area contributed by atoms with E-state index in [4.69, 9.17) is 17.3 Å². The lowest BCUT2D eigenvalue weighted by Crippen LogP contribution is -2.29. The average molecular weight is 211 g/mol. The number of hydrogen-bond acceptors (Lipinski definition) is 2. The van der Waals surface area contributed by atoms with Gasteiger partial charge in [0.25, 0.3) is 0 Å². The molecule has 0 aromatic heterocycles. The second kappa shape index (κ2) is 4.30. The monoisotopic (exact) mass is 210 g/mol. The van der Waals surface area contributed by atoms with Crippen LogP contribution in [0, 0.1) is 0 Å². The normalized spacial score (nSPS) is 18.1. The molecule has 76 valence electrons. The van der Waals surface area contributed by atoms with E-state index in [9.17, 15) is 0 Å². The smallest absolute Gasteiger partial charge is 0.0461 e. The van der Waals surface area contributed by atoms with E-state index >= 15 is 0 Å². The third-order valence-corrected chi connectivity index (χ3v) is 2.87. The van der Waals surface area contributed by atoms with Crippen molar-refractivity contribution in [2.24, 2.45) is 5.73 Å². The summed E-state index contributed by atoms with van der Waals surface area (Å²) in [6.45, 7) is 0.597. The number of nitrogens with one attached hydrogen (secondary N) is 1. The van der Waals surface area contributed by atoms with Gasteiger partial charge in [-0.3, -0.25) is 0 Å². The molecule has 1 aliphatic carbocycles. The Hall–Kier alpha value is -0.570. The lowest BCUT2D eigenvalue weighted by molar-refractivity contribution is 0.539. The minimum atomic E-state index is 0.205. The van der Waals surface area contributed by atoms with E-state index in [1.807, 2.05) is 24.3 Å². The molecule has 14 heavy (non-hydrogen) atoms. The zero-order valence-electron chi connectivity index (χ0n) is 8.04. The highest BCUT2D eigenvalue weighted by Crippen LogP contribution is 2.27. The molecule has 1 unspecified atom stereocenters. The fourth-order valence-corrected chi connectivity index (χ4v) is 1.84. The maximum Gasteiger partial charge on any atom is 0.0461 e. The predicted molar refractivity (Wildman–Crippen MR) is 59.4 cm³/mol. The third kappa shape index (κ3) is 2.27. The maximum atomic E-state index is 6.11. The Morgan fingerprint density at radius 1 is 1.43 bits per heavy atom. The molecule has 0 spiro atoms. The number of benzene rings is 1. The van der Waals surface area contributed by atoms with Crippen LogP contribution in [-0.4, -0.2) is 12.6 Å². The minimum absolute atomic E-state index is 0.205. The molecule has 1 aliphatic rings. The molecule has 0 bridgehead atoms. The Kier molecular flexibility index (Phi) is 3.06. The molecule has 3 N–H and O–H groups in total. The lowest BCUT2D eigenvalue weighted by Gasteiger charge is -2.17. The van der Waals surface area contributed by atoms with Crippen LogP contribution >= 0.6 is 11.6 Å². The summed E-state index contributed by atoms with van der Waals surface area (Å²) in [6, 6.07) is 8.74. The summed E-state index contributed by atoms with van der Waals surface area (Å²) >= 11 is 6.11. The molecule has 0 radical (unpaired) electrons. The Morgan fingerprint density at radius 3 is 2.71 bits per heavy atom. The van der Waals surface area contributed by atoms with E-state index in [0.717, 1.165) is 10.6 Å². The summed E-state index contributed by atoms with van der Waals surface area (Å²) in [5.74, 6) is 0.